The fourth-order valence-corrected chi connectivity index (χ4v) is 4.11. The standard InChI is InChI=1S/C23H29F5N4O3/c1-15(13-29-17-6-8-19(9-7-17)35-21(24)25)34-22(33)30-18(12-16-4-2-3-5-16)14-32-11-10-20(31-32)23(26,27)28/h6-11,15-16,18,21,29H,2-5,12-14H2,1H3,(H,30,33)/t15-,18-/m0/s1. The molecule has 2 aromatic rings. The van der Waals surface area contributed by atoms with Crippen molar-refractivity contribution in [3.63, 3.8) is 0 Å². The number of alkyl halides is 5. The molecular formula is C23H29F5N4O3. The van der Waals surface area contributed by atoms with Crippen LogP contribution in [0, 0.1) is 5.92 Å². The Balaban J connectivity index is 1.50. The SMILES string of the molecule is C[C@@H](CNc1ccc(OC(F)F)cc1)OC(=O)N[C@@H](CC1CCCC1)Cn1ccc(C(F)(F)F)n1. The van der Waals surface area contributed by atoms with Gasteiger partial charge in [-0.05, 0) is 49.6 Å². The third kappa shape index (κ3) is 8.91. The highest BCUT2D eigenvalue weighted by atomic mass is 19.4. The topological polar surface area (TPSA) is 77.4 Å². The lowest BCUT2D eigenvalue weighted by Gasteiger charge is -2.23. The lowest BCUT2D eigenvalue weighted by Crippen LogP contribution is -2.41. The number of benzene rings is 1. The van der Waals surface area contributed by atoms with Crippen molar-refractivity contribution in [3.05, 3.63) is 42.2 Å². The molecule has 3 rings (SSSR count). The van der Waals surface area contributed by atoms with E-state index < -0.39 is 36.7 Å². The fraction of sp³-hybridized carbons (Fsp3) is 0.565. The molecule has 1 aromatic carbocycles. The number of carbonyl (C=O) groups excluding carboxylic acids is 1. The van der Waals surface area contributed by atoms with E-state index in [1.54, 1.807) is 19.1 Å². The summed E-state index contributed by atoms with van der Waals surface area (Å²) in [6, 6.07) is 6.36. The Morgan fingerprint density at radius 3 is 2.46 bits per heavy atom. The summed E-state index contributed by atoms with van der Waals surface area (Å²) in [6.07, 6.45) is 0.351. The second-order valence-corrected chi connectivity index (χ2v) is 8.65. The number of aromatic nitrogens is 2. The lowest BCUT2D eigenvalue weighted by atomic mass is 9.98. The molecule has 194 valence electrons. The van der Waals surface area contributed by atoms with Gasteiger partial charge in [0.05, 0.1) is 19.1 Å². The molecule has 0 spiro atoms. The van der Waals surface area contributed by atoms with Gasteiger partial charge in [0.2, 0.25) is 0 Å². The molecule has 1 aromatic heterocycles. The molecule has 1 amide bonds. The summed E-state index contributed by atoms with van der Waals surface area (Å²) < 4.78 is 74.0. The number of hydrogen-bond acceptors (Lipinski definition) is 5. The third-order valence-corrected chi connectivity index (χ3v) is 5.73. The van der Waals surface area contributed by atoms with Crippen LogP contribution in [0.2, 0.25) is 0 Å². The third-order valence-electron chi connectivity index (χ3n) is 5.73. The smallest absolute Gasteiger partial charge is 0.435 e. The van der Waals surface area contributed by atoms with Gasteiger partial charge in [0.15, 0.2) is 5.69 Å². The number of nitrogens with one attached hydrogen (secondary N) is 2. The van der Waals surface area contributed by atoms with Crippen LogP contribution in [0.4, 0.5) is 32.4 Å². The summed E-state index contributed by atoms with van der Waals surface area (Å²) in [5.74, 6) is 0.413. The van der Waals surface area contributed by atoms with Crippen molar-refractivity contribution in [1.29, 1.82) is 0 Å². The van der Waals surface area contributed by atoms with E-state index in [0.717, 1.165) is 31.7 Å². The molecule has 0 saturated heterocycles. The molecule has 1 aliphatic carbocycles. The molecule has 1 aliphatic rings. The number of ether oxygens (including phenoxy) is 2. The number of anilines is 1. The molecule has 12 heteroatoms. The molecule has 1 fully saturated rings. The van der Waals surface area contributed by atoms with Crippen LogP contribution in [0.5, 0.6) is 5.75 Å². The highest BCUT2D eigenvalue weighted by Crippen LogP contribution is 2.30. The van der Waals surface area contributed by atoms with Crippen LogP contribution in [0.15, 0.2) is 36.5 Å². The molecule has 1 heterocycles. The Morgan fingerprint density at radius 1 is 1.17 bits per heavy atom. The van der Waals surface area contributed by atoms with Crippen LogP contribution in [0.3, 0.4) is 0 Å². The summed E-state index contributed by atoms with van der Waals surface area (Å²) in [4.78, 5) is 12.5. The van der Waals surface area contributed by atoms with Crippen LogP contribution in [0.25, 0.3) is 0 Å². The summed E-state index contributed by atoms with van der Waals surface area (Å²) in [7, 11) is 0. The van der Waals surface area contributed by atoms with Gasteiger partial charge in [0.1, 0.15) is 11.9 Å². The van der Waals surface area contributed by atoms with Gasteiger partial charge in [0, 0.05) is 11.9 Å². The zero-order valence-electron chi connectivity index (χ0n) is 19.2. The molecule has 1 saturated carbocycles. The average Bonchev–Trinajstić information content (AvgIpc) is 3.45. The Morgan fingerprint density at radius 2 is 1.86 bits per heavy atom. The molecule has 2 atom stereocenters. The maximum atomic E-state index is 12.9. The van der Waals surface area contributed by atoms with Crippen LogP contribution >= 0.6 is 0 Å². The van der Waals surface area contributed by atoms with E-state index in [1.165, 1.54) is 23.0 Å². The Hall–Kier alpha value is -3.05. The second kappa shape index (κ2) is 12.1. The Kier molecular flexibility index (Phi) is 9.16. The highest BCUT2D eigenvalue weighted by molar-refractivity contribution is 5.67. The summed E-state index contributed by atoms with van der Waals surface area (Å²) in [5.41, 5.74) is -0.353. The first-order valence-corrected chi connectivity index (χ1v) is 11.4. The summed E-state index contributed by atoms with van der Waals surface area (Å²) in [6.45, 7) is -0.876. The Bertz CT molecular complexity index is 930. The minimum absolute atomic E-state index is 0.0297. The quantitative estimate of drug-likeness (QED) is 0.385. The summed E-state index contributed by atoms with van der Waals surface area (Å²) in [5, 5.41) is 9.39. The van der Waals surface area contributed by atoms with Gasteiger partial charge < -0.3 is 20.1 Å². The molecule has 7 nitrogen and oxygen atoms in total. The van der Waals surface area contributed by atoms with Crippen molar-refractivity contribution in [2.45, 2.75) is 70.5 Å². The number of rotatable bonds is 11. The average molecular weight is 505 g/mol. The van der Waals surface area contributed by atoms with E-state index in [1.807, 2.05) is 0 Å². The van der Waals surface area contributed by atoms with E-state index >= 15 is 0 Å². The summed E-state index contributed by atoms with van der Waals surface area (Å²) >= 11 is 0. The molecule has 0 bridgehead atoms. The molecule has 0 unspecified atom stereocenters. The van der Waals surface area contributed by atoms with E-state index in [2.05, 4.69) is 20.5 Å². The highest BCUT2D eigenvalue weighted by Gasteiger charge is 2.34. The van der Waals surface area contributed by atoms with Crippen molar-refractivity contribution >= 4 is 11.8 Å². The van der Waals surface area contributed by atoms with Crippen LogP contribution in [0.1, 0.15) is 44.7 Å². The van der Waals surface area contributed by atoms with E-state index in [9.17, 15) is 26.7 Å². The number of alkyl carbamates (subject to hydrolysis) is 1. The monoisotopic (exact) mass is 504 g/mol. The second-order valence-electron chi connectivity index (χ2n) is 8.65. The predicted molar refractivity (Wildman–Crippen MR) is 118 cm³/mol. The van der Waals surface area contributed by atoms with Crippen molar-refractivity contribution < 1.29 is 36.2 Å². The van der Waals surface area contributed by atoms with Crippen molar-refractivity contribution in [3.8, 4) is 5.75 Å². The van der Waals surface area contributed by atoms with Crippen molar-refractivity contribution in [2.24, 2.45) is 5.92 Å². The first kappa shape index (κ1) is 26.6. The first-order chi connectivity index (χ1) is 16.6. The number of halogens is 5. The number of hydrogen-bond donors (Lipinski definition) is 2. The van der Waals surface area contributed by atoms with Crippen molar-refractivity contribution in [1.82, 2.24) is 15.1 Å². The van der Waals surface area contributed by atoms with Crippen LogP contribution in [-0.2, 0) is 17.5 Å². The predicted octanol–water partition coefficient (Wildman–Crippen LogP) is 5.68. The largest absolute Gasteiger partial charge is 0.445 e. The molecular weight excluding hydrogens is 475 g/mol. The molecule has 0 radical (unpaired) electrons. The van der Waals surface area contributed by atoms with Gasteiger partial charge in [-0.2, -0.15) is 27.1 Å². The van der Waals surface area contributed by atoms with Gasteiger partial charge in [-0.15, -0.1) is 0 Å². The number of amides is 1. The van der Waals surface area contributed by atoms with Crippen LogP contribution in [-0.4, -0.2) is 41.2 Å². The first-order valence-electron chi connectivity index (χ1n) is 11.4. The normalized spacial score (nSPS) is 16.2. The van der Waals surface area contributed by atoms with Crippen LogP contribution < -0.4 is 15.4 Å². The number of carbonyl (C=O) groups is 1. The lowest BCUT2D eigenvalue weighted by molar-refractivity contribution is -0.141. The van der Waals surface area contributed by atoms with E-state index in [-0.39, 0.29) is 18.8 Å². The minimum atomic E-state index is -4.53. The minimum Gasteiger partial charge on any atom is -0.445 e. The molecule has 2 N–H and O–H groups in total. The van der Waals surface area contributed by atoms with Gasteiger partial charge in [-0.3, -0.25) is 4.68 Å². The van der Waals surface area contributed by atoms with Gasteiger partial charge in [-0.1, -0.05) is 25.7 Å². The number of nitrogens with zero attached hydrogens (tertiary/aromatic N) is 2. The van der Waals surface area contributed by atoms with E-state index in [0.29, 0.717) is 18.0 Å². The van der Waals surface area contributed by atoms with Gasteiger partial charge in [0.25, 0.3) is 0 Å². The fourth-order valence-electron chi connectivity index (χ4n) is 4.11. The zero-order valence-corrected chi connectivity index (χ0v) is 19.2. The maximum Gasteiger partial charge on any atom is 0.435 e. The van der Waals surface area contributed by atoms with Crippen molar-refractivity contribution in [2.75, 3.05) is 11.9 Å². The Labute approximate surface area is 200 Å². The molecule has 0 aliphatic heterocycles. The van der Waals surface area contributed by atoms with E-state index in [4.69, 9.17) is 4.74 Å². The van der Waals surface area contributed by atoms with Gasteiger partial charge in [-0.25, -0.2) is 4.79 Å². The van der Waals surface area contributed by atoms with Gasteiger partial charge >= 0.3 is 18.9 Å². The zero-order chi connectivity index (χ0) is 25.4. The maximum absolute atomic E-state index is 12.9. The molecule has 35 heavy (non-hydrogen) atoms.